The van der Waals surface area contributed by atoms with Crippen LogP contribution in [0.3, 0.4) is 0 Å². The second-order valence-corrected chi connectivity index (χ2v) is 4.99. The molecule has 0 aliphatic heterocycles. The molecule has 0 bridgehead atoms. The maximum Gasteiger partial charge on any atom is 0.337 e. The van der Waals surface area contributed by atoms with E-state index in [0.717, 1.165) is 0 Å². The molecule has 8 nitrogen and oxygen atoms in total. The van der Waals surface area contributed by atoms with Gasteiger partial charge in [0.2, 0.25) is 0 Å². The van der Waals surface area contributed by atoms with E-state index in [9.17, 15) is 19.7 Å². The summed E-state index contributed by atoms with van der Waals surface area (Å²) in [6, 6.07) is 9.27. The number of halogens is 1. The number of carbonyl (C=O) groups is 2. The number of carboxylic acid groups (broad SMARTS) is 1. The number of anilines is 1. The molecule has 0 saturated heterocycles. The first-order chi connectivity index (χ1) is 11.4. The highest BCUT2D eigenvalue weighted by Gasteiger charge is 2.11. The van der Waals surface area contributed by atoms with Crippen LogP contribution in [0.5, 0.6) is 5.75 Å². The van der Waals surface area contributed by atoms with Crippen molar-refractivity contribution in [1.82, 2.24) is 0 Å². The standard InChI is InChI=1S/C15H11ClN2O6/c16-13-7-9(1-6-12(13)15(20)21)17-14(19)8-24-11-4-2-10(3-5-11)18(22)23/h1-7H,8H2,(H,17,19)(H,20,21). The molecule has 0 fully saturated rings. The number of ether oxygens (including phenoxy) is 1. The van der Waals surface area contributed by atoms with Gasteiger partial charge in [-0.3, -0.25) is 14.9 Å². The Labute approximate surface area is 140 Å². The Morgan fingerprint density at radius 1 is 1.21 bits per heavy atom. The molecular weight excluding hydrogens is 340 g/mol. The SMILES string of the molecule is O=C(COc1ccc([N+](=O)[O-])cc1)Nc1ccc(C(=O)O)c(Cl)c1. The molecule has 2 N–H and O–H groups in total. The molecule has 0 unspecified atom stereocenters. The normalized spacial score (nSPS) is 10.0. The van der Waals surface area contributed by atoms with Crippen LogP contribution in [0.4, 0.5) is 11.4 Å². The van der Waals surface area contributed by atoms with Crippen molar-refractivity contribution in [3.63, 3.8) is 0 Å². The van der Waals surface area contributed by atoms with E-state index in [2.05, 4.69) is 5.32 Å². The molecule has 0 radical (unpaired) electrons. The number of carbonyl (C=O) groups excluding carboxylic acids is 1. The van der Waals surface area contributed by atoms with Crippen molar-refractivity contribution in [2.45, 2.75) is 0 Å². The number of nitrogens with one attached hydrogen (secondary N) is 1. The summed E-state index contributed by atoms with van der Waals surface area (Å²) >= 11 is 5.80. The van der Waals surface area contributed by atoms with Crippen molar-refractivity contribution in [1.29, 1.82) is 0 Å². The van der Waals surface area contributed by atoms with E-state index < -0.39 is 16.8 Å². The van der Waals surface area contributed by atoms with E-state index in [-0.39, 0.29) is 22.9 Å². The van der Waals surface area contributed by atoms with E-state index in [1.165, 1.54) is 42.5 Å². The summed E-state index contributed by atoms with van der Waals surface area (Å²) < 4.78 is 5.21. The van der Waals surface area contributed by atoms with Crippen molar-refractivity contribution < 1.29 is 24.4 Å². The Morgan fingerprint density at radius 3 is 2.42 bits per heavy atom. The van der Waals surface area contributed by atoms with Crippen LogP contribution in [0.2, 0.25) is 5.02 Å². The van der Waals surface area contributed by atoms with Crippen molar-refractivity contribution in [3.8, 4) is 5.75 Å². The van der Waals surface area contributed by atoms with E-state index >= 15 is 0 Å². The molecule has 0 aliphatic rings. The number of rotatable bonds is 6. The molecule has 0 aliphatic carbocycles. The van der Waals surface area contributed by atoms with Gasteiger partial charge in [0.25, 0.3) is 11.6 Å². The van der Waals surface area contributed by atoms with Crippen LogP contribution in [-0.4, -0.2) is 28.5 Å². The fraction of sp³-hybridized carbons (Fsp3) is 0.0667. The highest BCUT2D eigenvalue weighted by molar-refractivity contribution is 6.33. The molecule has 24 heavy (non-hydrogen) atoms. The zero-order chi connectivity index (χ0) is 17.7. The average molecular weight is 351 g/mol. The first kappa shape index (κ1) is 17.2. The summed E-state index contributed by atoms with van der Waals surface area (Å²) in [5.74, 6) is -1.36. The Bertz CT molecular complexity index is 791. The highest BCUT2D eigenvalue weighted by atomic mass is 35.5. The van der Waals surface area contributed by atoms with Crippen LogP contribution >= 0.6 is 11.6 Å². The summed E-state index contributed by atoms with van der Waals surface area (Å²) in [7, 11) is 0. The molecule has 9 heteroatoms. The molecular formula is C15H11ClN2O6. The number of nitro benzene ring substituents is 1. The minimum Gasteiger partial charge on any atom is -0.484 e. The van der Waals surface area contributed by atoms with Gasteiger partial charge in [-0.15, -0.1) is 0 Å². The Balaban J connectivity index is 1.92. The lowest BCUT2D eigenvalue weighted by atomic mass is 10.2. The Morgan fingerprint density at radius 2 is 1.88 bits per heavy atom. The van der Waals surface area contributed by atoms with E-state index in [1.807, 2.05) is 0 Å². The highest BCUT2D eigenvalue weighted by Crippen LogP contribution is 2.21. The quantitative estimate of drug-likeness (QED) is 0.610. The van der Waals surface area contributed by atoms with Gasteiger partial charge in [-0.05, 0) is 30.3 Å². The van der Waals surface area contributed by atoms with Gasteiger partial charge < -0.3 is 15.2 Å². The van der Waals surface area contributed by atoms with E-state index in [1.54, 1.807) is 0 Å². The number of nitro groups is 1. The Kier molecular flexibility index (Phi) is 5.33. The molecule has 0 heterocycles. The maximum atomic E-state index is 11.8. The third-order valence-electron chi connectivity index (χ3n) is 2.90. The first-order valence-corrected chi connectivity index (χ1v) is 6.94. The minimum absolute atomic E-state index is 0.00316. The summed E-state index contributed by atoms with van der Waals surface area (Å²) in [6.45, 7) is -0.323. The molecule has 0 spiro atoms. The van der Waals surface area contributed by atoms with Gasteiger partial charge in [0, 0.05) is 17.8 Å². The predicted octanol–water partition coefficient (Wildman–Crippen LogP) is 2.96. The summed E-state index contributed by atoms with van der Waals surface area (Å²) in [5, 5.41) is 21.9. The minimum atomic E-state index is -1.17. The second-order valence-electron chi connectivity index (χ2n) is 4.59. The lowest BCUT2D eigenvalue weighted by Crippen LogP contribution is -2.20. The van der Waals surface area contributed by atoms with Crippen LogP contribution in [0, 0.1) is 10.1 Å². The third-order valence-corrected chi connectivity index (χ3v) is 3.21. The van der Waals surface area contributed by atoms with E-state index in [0.29, 0.717) is 11.4 Å². The number of non-ortho nitro benzene ring substituents is 1. The fourth-order valence-electron chi connectivity index (χ4n) is 1.78. The number of hydrogen-bond donors (Lipinski definition) is 2. The average Bonchev–Trinajstić information content (AvgIpc) is 2.53. The van der Waals surface area contributed by atoms with Gasteiger partial charge in [0.15, 0.2) is 6.61 Å². The fourth-order valence-corrected chi connectivity index (χ4v) is 2.04. The number of nitrogens with zero attached hydrogens (tertiary/aromatic N) is 1. The van der Waals surface area contributed by atoms with Crippen molar-refractivity contribution >= 4 is 34.9 Å². The second kappa shape index (κ2) is 7.42. The summed E-state index contributed by atoms with van der Waals surface area (Å²) in [5.41, 5.74) is 0.166. The molecule has 0 atom stereocenters. The predicted molar refractivity (Wildman–Crippen MR) is 85.6 cm³/mol. The van der Waals surface area contributed by atoms with Gasteiger partial charge in [-0.25, -0.2) is 4.79 Å². The molecule has 2 aromatic rings. The molecule has 0 aromatic heterocycles. The molecule has 1 amide bonds. The number of amides is 1. The van der Waals surface area contributed by atoms with Crippen LogP contribution < -0.4 is 10.1 Å². The third kappa shape index (κ3) is 4.43. The topological polar surface area (TPSA) is 119 Å². The molecule has 124 valence electrons. The summed E-state index contributed by atoms with van der Waals surface area (Å²) in [6.07, 6.45) is 0. The smallest absolute Gasteiger partial charge is 0.337 e. The molecule has 2 aromatic carbocycles. The largest absolute Gasteiger partial charge is 0.484 e. The number of benzene rings is 2. The van der Waals surface area contributed by atoms with Crippen LogP contribution in [0.1, 0.15) is 10.4 Å². The van der Waals surface area contributed by atoms with E-state index in [4.69, 9.17) is 21.4 Å². The lowest BCUT2D eigenvalue weighted by Gasteiger charge is -2.08. The summed E-state index contributed by atoms with van der Waals surface area (Å²) in [4.78, 5) is 32.6. The molecule has 2 rings (SSSR count). The van der Waals surface area contributed by atoms with Gasteiger partial charge >= 0.3 is 5.97 Å². The monoisotopic (exact) mass is 350 g/mol. The Hall–Kier alpha value is -3.13. The van der Waals surface area contributed by atoms with Gasteiger partial charge in [-0.1, -0.05) is 11.6 Å². The van der Waals surface area contributed by atoms with Crippen molar-refractivity contribution in [2.75, 3.05) is 11.9 Å². The zero-order valence-electron chi connectivity index (χ0n) is 12.1. The van der Waals surface area contributed by atoms with Crippen molar-refractivity contribution in [2.24, 2.45) is 0 Å². The van der Waals surface area contributed by atoms with Crippen LogP contribution in [-0.2, 0) is 4.79 Å². The number of aromatic carboxylic acids is 1. The molecule has 0 saturated carbocycles. The number of carboxylic acids is 1. The first-order valence-electron chi connectivity index (χ1n) is 6.57. The van der Waals surface area contributed by atoms with Gasteiger partial charge in [0.05, 0.1) is 15.5 Å². The zero-order valence-corrected chi connectivity index (χ0v) is 12.8. The van der Waals surface area contributed by atoms with Crippen LogP contribution in [0.25, 0.3) is 0 Å². The maximum absolute atomic E-state index is 11.8. The van der Waals surface area contributed by atoms with Crippen molar-refractivity contribution in [3.05, 3.63) is 63.2 Å². The van der Waals surface area contributed by atoms with Gasteiger partial charge in [0.1, 0.15) is 5.75 Å². The van der Waals surface area contributed by atoms with Gasteiger partial charge in [-0.2, -0.15) is 0 Å². The number of hydrogen-bond acceptors (Lipinski definition) is 5. The lowest BCUT2D eigenvalue weighted by molar-refractivity contribution is -0.384. The van der Waals surface area contributed by atoms with Crippen LogP contribution in [0.15, 0.2) is 42.5 Å².